The minimum Gasteiger partial charge on any atom is -0.453 e. The van der Waals surface area contributed by atoms with Gasteiger partial charge in [0.25, 0.3) is 0 Å². The Hall–Kier alpha value is -1.38. The lowest BCUT2D eigenvalue weighted by atomic mass is 9.54. The van der Waals surface area contributed by atoms with Crippen LogP contribution in [-0.2, 0) is 14.3 Å². The van der Waals surface area contributed by atoms with E-state index >= 15 is 0 Å². The van der Waals surface area contributed by atoms with Gasteiger partial charge in [-0.3, -0.25) is 9.59 Å². The molecule has 1 aliphatic heterocycles. The van der Waals surface area contributed by atoms with E-state index in [9.17, 15) is 9.59 Å². The Morgan fingerprint density at radius 1 is 1.41 bits per heavy atom. The minimum atomic E-state index is -0.576. The van der Waals surface area contributed by atoms with E-state index in [4.69, 9.17) is 4.74 Å². The van der Waals surface area contributed by atoms with Gasteiger partial charge in [-0.15, -0.1) is 0 Å². The topological polar surface area (TPSA) is 43.4 Å². The van der Waals surface area contributed by atoms with Crippen LogP contribution >= 0.6 is 0 Å². The van der Waals surface area contributed by atoms with E-state index in [2.05, 4.69) is 19.1 Å². The highest BCUT2D eigenvalue weighted by Gasteiger charge is 2.57. The molecule has 0 N–H and O–H groups in total. The van der Waals surface area contributed by atoms with E-state index in [0.717, 1.165) is 12.0 Å². The number of carbonyl (C=O) groups excluding carboxylic acids is 2. The average Bonchev–Trinajstić information content (AvgIpc) is 2.26. The van der Waals surface area contributed by atoms with Crippen LogP contribution in [-0.4, -0.2) is 17.9 Å². The maximum absolute atomic E-state index is 12.0. The van der Waals surface area contributed by atoms with Crippen molar-refractivity contribution in [1.82, 2.24) is 0 Å². The number of hydrogen-bond acceptors (Lipinski definition) is 3. The van der Waals surface area contributed by atoms with Gasteiger partial charge in [0.1, 0.15) is 0 Å². The quantitative estimate of drug-likeness (QED) is 0.474. The van der Waals surface area contributed by atoms with Gasteiger partial charge in [0, 0.05) is 5.41 Å². The summed E-state index contributed by atoms with van der Waals surface area (Å²) in [7, 11) is 0. The molecule has 0 amide bonds. The number of ketones is 1. The van der Waals surface area contributed by atoms with Gasteiger partial charge in [0.2, 0.25) is 0 Å². The van der Waals surface area contributed by atoms with E-state index in [-0.39, 0.29) is 23.1 Å². The predicted molar refractivity (Wildman–Crippen MR) is 62.1 cm³/mol. The molecule has 90 valence electrons. The molecule has 3 nitrogen and oxygen atoms in total. The normalized spacial score (nSPS) is 43.9. The third-order valence-corrected chi connectivity index (χ3v) is 4.67. The van der Waals surface area contributed by atoms with Gasteiger partial charge in [-0.05, 0) is 31.3 Å². The van der Waals surface area contributed by atoms with E-state index in [0.29, 0.717) is 12.3 Å². The number of hydrogen-bond donors (Lipinski definition) is 0. The van der Waals surface area contributed by atoms with Gasteiger partial charge >= 0.3 is 5.97 Å². The average molecular weight is 232 g/mol. The van der Waals surface area contributed by atoms with Crippen molar-refractivity contribution in [2.45, 2.75) is 32.8 Å². The van der Waals surface area contributed by atoms with Crippen LogP contribution in [0.5, 0.6) is 0 Å². The summed E-state index contributed by atoms with van der Waals surface area (Å²) >= 11 is 0. The van der Waals surface area contributed by atoms with Crippen molar-refractivity contribution in [3.05, 3.63) is 23.8 Å². The molecule has 0 radical (unpaired) electrons. The summed E-state index contributed by atoms with van der Waals surface area (Å²) in [5, 5.41) is 0. The molecule has 0 aromatic heterocycles. The summed E-state index contributed by atoms with van der Waals surface area (Å²) in [6.07, 6.45) is 6.66. The molecule has 3 rings (SSSR count). The molecule has 0 spiro atoms. The molecule has 0 aromatic rings. The van der Waals surface area contributed by atoms with Crippen molar-refractivity contribution in [3.63, 3.8) is 0 Å². The Kier molecular flexibility index (Phi) is 2.09. The Morgan fingerprint density at radius 3 is 2.94 bits per heavy atom. The zero-order valence-corrected chi connectivity index (χ0v) is 10.1. The molecule has 1 saturated heterocycles. The van der Waals surface area contributed by atoms with Crippen molar-refractivity contribution >= 4 is 11.8 Å². The molecule has 1 heterocycles. The van der Waals surface area contributed by atoms with Crippen LogP contribution in [0.4, 0.5) is 0 Å². The third-order valence-electron chi connectivity index (χ3n) is 4.67. The summed E-state index contributed by atoms with van der Waals surface area (Å²) in [4.78, 5) is 23.6. The van der Waals surface area contributed by atoms with Crippen LogP contribution in [0.1, 0.15) is 26.7 Å². The van der Waals surface area contributed by atoms with Crippen molar-refractivity contribution in [3.8, 4) is 0 Å². The largest absolute Gasteiger partial charge is 0.453 e. The first kappa shape index (κ1) is 10.8. The van der Waals surface area contributed by atoms with E-state index < -0.39 is 6.10 Å². The lowest BCUT2D eigenvalue weighted by molar-refractivity contribution is -0.181. The number of rotatable bonds is 0. The highest BCUT2D eigenvalue weighted by Crippen LogP contribution is 2.54. The summed E-state index contributed by atoms with van der Waals surface area (Å²) in [5.41, 5.74) is 0.888. The number of esters is 1. The highest BCUT2D eigenvalue weighted by molar-refractivity contribution is 5.98. The maximum Gasteiger partial charge on any atom is 0.307 e. The first-order chi connectivity index (χ1) is 8.03. The summed E-state index contributed by atoms with van der Waals surface area (Å²) in [6.45, 7) is 4.11. The monoisotopic (exact) mass is 232 g/mol. The van der Waals surface area contributed by atoms with Crippen molar-refractivity contribution in [2.75, 3.05) is 0 Å². The highest BCUT2D eigenvalue weighted by atomic mass is 16.5. The van der Waals surface area contributed by atoms with Crippen LogP contribution in [0.15, 0.2) is 23.8 Å². The van der Waals surface area contributed by atoms with Crippen LogP contribution < -0.4 is 0 Å². The Balaban J connectivity index is 2.15. The lowest BCUT2D eigenvalue weighted by Gasteiger charge is -2.53. The second kappa shape index (κ2) is 3.31. The molecule has 3 aliphatic rings. The second-order valence-corrected chi connectivity index (χ2v) is 5.55. The maximum atomic E-state index is 12.0. The van der Waals surface area contributed by atoms with Gasteiger partial charge in [-0.2, -0.15) is 0 Å². The summed E-state index contributed by atoms with van der Waals surface area (Å²) < 4.78 is 5.32. The number of carbonyl (C=O) groups is 2. The lowest BCUT2D eigenvalue weighted by Crippen LogP contribution is -2.57. The van der Waals surface area contributed by atoms with E-state index in [1.807, 2.05) is 6.92 Å². The van der Waals surface area contributed by atoms with Crippen LogP contribution in [0, 0.1) is 17.3 Å². The zero-order valence-electron chi connectivity index (χ0n) is 10.1. The van der Waals surface area contributed by atoms with Gasteiger partial charge in [0.15, 0.2) is 11.9 Å². The van der Waals surface area contributed by atoms with Crippen molar-refractivity contribution in [1.29, 1.82) is 0 Å². The van der Waals surface area contributed by atoms with Crippen LogP contribution in [0.3, 0.4) is 0 Å². The predicted octanol–water partition coefficient (Wildman–Crippen LogP) is 2.03. The fourth-order valence-corrected chi connectivity index (χ4v) is 3.69. The molecular weight excluding hydrogens is 216 g/mol. The summed E-state index contributed by atoms with van der Waals surface area (Å²) in [5.74, 6) is 0.173. The standard InChI is InChI=1S/C14H16O3/c1-8-6-11(15)13-14(2)9(7-12(16)17-13)4-3-5-10(8)14/h3-4,6,9-10,13H,5,7H2,1-2H3. The van der Waals surface area contributed by atoms with Crippen molar-refractivity contribution in [2.24, 2.45) is 17.3 Å². The molecule has 17 heavy (non-hydrogen) atoms. The van der Waals surface area contributed by atoms with Crippen LogP contribution in [0.25, 0.3) is 0 Å². The molecule has 4 atom stereocenters. The Morgan fingerprint density at radius 2 is 2.18 bits per heavy atom. The molecule has 0 saturated carbocycles. The Bertz CT molecular complexity index is 460. The van der Waals surface area contributed by atoms with Gasteiger partial charge in [0.05, 0.1) is 6.42 Å². The molecule has 3 heteroatoms. The fraction of sp³-hybridized carbons (Fsp3) is 0.571. The van der Waals surface area contributed by atoms with Crippen molar-refractivity contribution < 1.29 is 14.3 Å². The first-order valence-corrected chi connectivity index (χ1v) is 6.11. The zero-order chi connectivity index (χ0) is 12.2. The fourth-order valence-electron chi connectivity index (χ4n) is 3.69. The molecule has 1 fully saturated rings. The molecule has 4 unspecified atom stereocenters. The smallest absolute Gasteiger partial charge is 0.307 e. The van der Waals surface area contributed by atoms with Crippen LogP contribution in [0.2, 0.25) is 0 Å². The van der Waals surface area contributed by atoms with Gasteiger partial charge in [-0.25, -0.2) is 0 Å². The van der Waals surface area contributed by atoms with E-state index in [1.54, 1.807) is 6.08 Å². The van der Waals surface area contributed by atoms with Gasteiger partial charge in [-0.1, -0.05) is 24.6 Å². The molecule has 0 bridgehead atoms. The third kappa shape index (κ3) is 1.28. The number of allylic oxidation sites excluding steroid dienone is 3. The second-order valence-electron chi connectivity index (χ2n) is 5.55. The molecule has 0 aromatic carbocycles. The number of ether oxygens (including phenoxy) is 1. The van der Waals surface area contributed by atoms with E-state index in [1.165, 1.54) is 0 Å². The SMILES string of the molecule is CC1=CC(=O)C2OC(=O)CC3C=CCC1C32C. The first-order valence-electron chi connectivity index (χ1n) is 6.11. The molecular formula is C14H16O3. The summed E-state index contributed by atoms with van der Waals surface area (Å²) in [6, 6.07) is 0. The molecule has 2 aliphatic carbocycles. The Labute approximate surface area is 101 Å². The van der Waals surface area contributed by atoms with Gasteiger partial charge < -0.3 is 4.74 Å². The minimum absolute atomic E-state index is 0.0467.